The summed E-state index contributed by atoms with van der Waals surface area (Å²) >= 11 is 0. The molecule has 0 atom stereocenters. The number of aromatic nitrogens is 2. The molecule has 0 aromatic carbocycles. The highest BCUT2D eigenvalue weighted by molar-refractivity contribution is 5.87. The third-order valence-corrected chi connectivity index (χ3v) is 1.87. The number of methoxy groups -OCH3 is 1. The lowest BCUT2D eigenvalue weighted by Crippen LogP contribution is -2.09. The zero-order valence-electron chi connectivity index (χ0n) is 8.99. The number of carbonyl (C=O) groups is 1. The number of nitrogens with zero attached hydrogens (tertiary/aromatic N) is 2. The molecule has 0 saturated carbocycles. The normalized spacial score (nSPS) is 9.73. The Kier molecular flexibility index (Phi) is 4.53. The number of esters is 1. The van der Waals surface area contributed by atoms with Crippen LogP contribution in [0, 0.1) is 0 Å². The number of ether oxygens (including phenoxy) is 1. The summed E-state index contributed by atoms with van der Waals surface area (Å²) in [5.41, 5.74) is 0.221. The number of nitrogens with one attached hydrogen (secondary N) is 1. The van der Waals surface area contributed by atoms with Gasteiger partial charge in [-0.05, 0) is 6.42 Å². The van der Waals surface area contributed by atoms with E-state index in [0.717, 1.165) is 19.4 Å². The molecule has 1 N–H and O–H groups in total. The van der Waals surface area contributed by atoms with E-state index in [4.69, 9.17) is 0 Å². The van der Waals surface area contributed by atoms with E-state index in [1.807, 2.05) is 0 Å². The summed E-state index contributed by atoms with van der Waals surface area (Å²) in [6.45, 7) is 2.94. The maximum absolute atomic E-state index is 11.1. The largest absolute Gasteiger partial charge is 0.464 e. The van der Waals surface area contributed by atoms with Crippen LogP contribution in [0.25, 0.3) is 0 Å². The van der Waals surface area contributed by atoms with Gasteiger partial charge in [-0.15, -0.1) is 0 Å². The molecule has 0 aliphatic heterocycles. The van der Waals surface area contributed by atoms with Gasteiger partial charge >= 0.3 is 5.97 Å². The number of anilines is 1. The van der Waals surface area contributed by atoms with Gasteiger partial charge in [-0.2, -0.15) is 0 Å². The fourth-order valence-electron chi connectivity index (χ4n) is 1.05. The second-order valence-corrected chi connectivity index (χ2v) is 3.06. The number of carbonyl (C=O) groups excluding carboxylic acids is 1. The van der Waals surface area contributed by atoms with Crippen molar-refractivity contribution in [2.45, 2.75) is 19.8 Å². The first-order valence-corrected chi connectivity index (χ1v) is 4.92. The molecule has 5 nitrogen and oxygen atoms in total. The van der Waals surface area contributed by atoms with E-state index in [-0.39, 0.29) is 5.69 Å². The zero-order valence-corrected chi connectivity index (χ0v) is 8.99. The molecule has 0 aliphatic carbocycles. The number of rotatable bonds is 5. The van der Waals surface area contributed by atoms with Gasteiger partial charge in [0.15, 0.2) is 5.69 Å². The van der Waals surface area contributed by atoms with Crippen LogP contribution in [-0.2, 0) is 4.74 Å². The molecule has 1 aromatic rings. The lowest BCUT2D eigenvalue weighted by atomic mass is 10.3. The van der Waals surface area contributed by atoms with Crippen molar-refractivity contribution < 1.29 is 9.53 Å². The molecular formula is C10H15N3O2. The Hall–Kier alpha value is -1.65. The topological polar surface area (TPSA) is 64.1 Å². The van der Waals surface area contributed by atoms with Gasteiger partial charge in [-0.1, -0.05) is 13.3 Å². The highest BCUT2D eigenvalue weighted by atomic mass is 16.5. The maximum Gasteiger partial charge on any atom is 0.358 e. The highest BCUT2D eigenvalue weighted by Crippen LogP contribution is 2.03. The Morgan fingerprint density at radius 2 is 2.33 bits per heavy atom. The van der Waals surface area contributed by atoms with Crippen LogP contribution in [0.2, 0.25) is 0 Å². The number of hydrogen-bond acceptors (Lipinski definition) is 5. The van der Waals surface area contributed by atoms with E-state index < -0.39 is 5.97 Å². The summed E-state index contributed by atoms with van der Waals surface area (Å²) in [6, 6.07) is 0. The highest BCUT2D eigenvalue weighted by Gasteiger charge is 2.07. The summed E-state index contributed by atoms with van der Waals surface area (Å²) in [5, 5.41) is 3.08. The van der Waals surface area contributed by atoms with Crippen LogP contribution in [0.3, 0.4) is 0 Å². The molecular weight excluding hydrogens is 194 g/mol. The smallest absolute Gasteiger partial charge is 0.358 e. The molecule has 1 aromatic heterocycles. The predicted molar refractivity (Wildman–Crippen MR) is 56.8 cm³/mol. The molecule has 0 saturated heterocycles. The minimum absolute atomic E-state index is 0.221. The summed E-state index contributed by atoms with van der Waals surface area (Å²) < 4.78 is 4.55. The van der Waals surface area contributed by atoms with Gasteiger partial charge in [0.05, 0.1) is 19.5 Å². The SMILES string of the molecule is CCCCNc1cncc(C(=O)OC)n1. The molecule has 82 valence electrons. The fourth-order valence-corrected chi connectivity index (χ4v) is 1.05. The molecule has 0 amide bonds. The first kappa shape index (κ1) is 11.4. The second-order valence-electron chi connectivity index (χ2n) is 3.06. The zero-order chi connectivity index (χ0) is 11.1. The Morgan fingerprint density at radius 1 is 1.53 bits per heavy atom. The third kappa shape index (κ3) is 3.53. The van der Waals surface area contributed by atoms with E-state index in [9.17, 15) is 4.79 Å². The van der Waals surface area contributed by atoms with Crippen molar-refractivity contribution in [1.82, 2.24) is 9.97 Å². The van der Waals surface area contributed by atoms with Crippen molar-refractivity contribution in [3.63, 3.8) is 0 Å². The Balaban J connectivity index is 2.62. The van der Waals surface area contributed by atoms with Crippen LogP contribution in [0.5, 0.6) is 0 Å². The van der Waals surface area contributed by atoms with Gasteiger partial charge in [0, 0.05) is 6.54 Å². The van der Waals surface area contributed by atoms with Crippen molar-refractivity contribution in [3.05, 3.63) is 18.1 Å². The average molecular weight is 209 g/mol. The van der Waals surface area contributed by atoms with Gasteiger partial charge in [0.2, 0.25) is 0 Å². The molecule has 1 rings (SSSR count). The van der Waals surface area contributed by atoms with Crippen LogP contribution in [0.1, 0.15) is 30.3 Å². The van der Waals surface area contributed by atoms with Crippen molar-refractivity contribution >= 4 is 11.8 Å². The molecule has 0 unspecified atom stereocenters. The van der Waals surface area contributed by atoms with E-state index in [0.29, 0.717) is 5.82 Å². The molecule has 0 bridgehead atoms. The fraction of sp³-hybridized carbons (Fsp3) is 0.500. The van der Waals surface area contributed by atoms with E-state index in [1.54, 1.807) is 6.20 Å². The summed E-state index contributed by atoms with van der Waals surface area (Å²) in [4.78, 5) is 19.1. The van der Waals surface area contributed by atoms with Gasteiger partial charge in [-0.3, -0.25) is 4.98 Å². The van der Waals surface area contributed by atoms with Gasteiger partial charge in [0.1, 0.15) is 5.82 Å². The molecule has 0 aliphatic rings. The Bertz CT molecular complexity index is 328. The van der Waals surface area contributed by atoms with Crippen LogP contribution in [0.15, 0.2) is 12.4 Å². The lowest BCUT2D eigenvalue weighted by molar-refractivity contribution is 0.0593. The maximum atomic E-state index is 11.1. The minimum Gasteiger partial charge on any atom is -0.464 e. The van der Waals surface area contributed by atoms with Crippen LogP contribution in [0.4, 0.5) is 5.82 Å². The van der Waals surface area contributed by atoms with E-state index in [2.05, 4.69) is 26.9 Å². The van der Waals surface area contributed by atoms with E-state index >= 15 is 0 Å². The molecule has 0 spiro atoms. The van der Waals surface area contributed by atoms with Crippen LogP contribution in [-0.4, -0.2) is 29.6 Å². The quantitative estimate of drug-likeness (QED) is 0.587. The van der Waals surface area contributed by atoms with E-state index in [1.165, 1.54) is 13.3 Å². The minimum atomic E-state index is -0.471. The van der Waals surface area contributed by atoms with Crippen molar-refractivity contribution in [2.24, 2.45) is 0 Å². The molecule has 5 heteroatoms. The first-order chi connectivity index (χ1) is 7.27. The summed E-state index contributed by atoms with van der Waals surface area (Å²) in [7, 11) is 1.32. The second kappa shape index (κ2) is 5.95. The first-order valence-electron chi connectivity index (χ1n) is 4.92. The van der Waals surface area contributed by atoms with Crippen LogP contribution < -0.4 is 5.32 Å². The molecule has 1 heterocycles. The van der Waals surface area contributed by atoms with Crippen LogP contribution >= 0.6 is 0 Å². The lowest BCUT2D eigenvalue weighted by Gasteiger charge is -2.04. The monoisotopic (exact) mass is 209 g/mol. The standard InChI is InChI=1S/C10H15N3O2/c1-3-4-5-12-9-7-11-6-8(13-9)10(14)15-2/h6-7H,3-5H2,1-2H3,(H,12,13). The Morgan fingerprint density at radius 3 is 3.00 bits per heavy atom. The summed E-state index contributed by atoms with van der Waals surface area (Å²) in [6.07, 6.45) is 5.14. The van der Waals surface area contributed by atoms with Crippen molar-refractivity contribution in [1.29, 1.82) is 0 Å². The Labute approximate surface area is 88.9 Å². The van der Waals surface area contributed by atoms with Gasteiger partial charge < -0.3 is 10.1 Å². The molecule has 0 radical (unpaired) electrons. The number of hydrogen-bond donors (Lipinski definition) is 1. The molecule has 15 heavy (non-hydrogen) atoms. The third-order valence-electron chi connectivity index (χ3n) is 1.87. The van der Waals surface area contributed by atoms with Crippen molar-refractivity contribution in [3.8, 4) is 0 Å². The predicted octanol–water partition coefficient (Wildman–Crippen LogP) is 1.48. The average Bonchev–Trinajstić information content (AvgIpc) is 2.29. The molecule has 0 fully saturated rings. The van der Waals surface area contributed by atoms with Crippen molar-refractivity contribution in [2.75, 3.05) is 19.0 Å². The summed E-state index contributed by atoms with van der Waals surface area (Å²) in [5.74, 6) is 0.132. The van der Waals surface area contributed by atoms with Gasteiger partial charge in [0.25, 0.3) is 0 Å². The van der Waals surface area contributed by atoms with Gasteiger partial charge in [-0.25, -0.2) is 9.78 Å². The number of unbranched alkanes of at least 4 members (excludes halogenated alkanes) is 1.